The van der Waals surface area contributed by atoms with Gasteiger partial charge in [-0.15, -0.1) is 0 Å². The molecule has 2 aliphatic rings. The van der Waals surface area contributed by atoms with Crippen LogP contribution in [0, 0.1) is 11.3 Å². The quantitative estimate of drug-likeness (QED) is 0.768. The lowest BCUT2D eigenvalue weighted by Gasteiger charge is -2.29. The number of anilines is 1. The zero-order valence-corrected chi connectivity index (χ0v) is 16.7. The number of ketones is 1. The lowest BCUT2D eigenvalue weighted by Crippen LogP contribution is -2.31. The van der Waals surface area contributed by atoms with Gasteiger partial charge in [0.05, 0.1) is 0 Å². The molecule has 2 aliphatic carbocycles. The van der Waals surface area contributed by atoms with Gasteiger partial charge in [0.2, 0.25) is 5.91 Å². The molecule has 2 fully saturated rings. The first kappa shape index (κ1) is 20.2. The third kappa shape index (κ3) is 5.50. The Labute approximate surface area is 166 Å². The highest BCUT2D eigenvalue weighted by molar-refractivity contribution is 6.05. The number of benzene rings is 1. The standard InChI is InChI=1S/C22H29N3O3/c1-22(2)13-18(12-19(26)14-22)24-25-21(28)16-8-10-17(11-9-16)23-20(27)15-6-4-3-5-7-15/h8-11,15H,3-7,12-14H2,1-2H3,(H,23,27)(H,25,28). The molecule has 6 nitrogen and oxygen atoms in total. The minimum absolute atomic E-state index is 0.0629. The van der Waals surface area contributed by atoms with E-state index in [0.29, 0.717) is 36.2 Å². The lowest BCUT2D eigenvalue weighted by atomic mass is 9.76. The van der Waals surface area contributed by atoms with Crippen LogP contribution in [0.2, 0.25) is 0 Å². The molecule has 0 spiro atoms. The van der Waals surface area contributed by atoms with E-state index in [-0.39, 0.29) is 28.9 Å². The van der Waals surface area contributed by atoms with E-state index in [1.807, 2.05) is 13.8 Å². The lowest BCUT2D eigenvalue weighted by molar-refractivity contribution is -0.121. The van der Waals surface area contributed by atoms with E-state index >= 15 is 0 Å². The maximum atomic E-state index is 12.3. The van der Waals surface area contributed by atoms with Crippen LogP contribution in [0.4, 0.5) is 5.69 Å². The summed E-state index contributed by atoms with van der Waals surface area (Å²) in [4.78, 5) is 36.4. The van der Waals surface area contributed by atoms with E-state index in [1.165, 1.54) is 6.42 Å². The first-order chi connectivity index (χ1) is 13.3. The average Bonchev–Trinajstić information content (AvgIpc) is 2.66. The van der Waals surface area contributed by atoms with Crippen molar-refractivity contribution in [3.8, 4) is 0 Å². The van der Waals surface area contributed by atoms with Gasteiger partial charge in [0.1, 0.15) is 5.78 Å². The topological polar surface area (TPSA) is 87.6 Å². The van der Waals surface area contributed by atoms with Crippen LogP contribution < -0.4 is 10.7 Å². The van der Waals surface area contributed by atoms with Gasteiger partial charge in [0.15, 0.2) is 0 Å². The molecule has 0 radical (unpaired) electrons. The number of hydrogen-bond donors (Lipinski definition) is 2. The number of nitrogens with one attached hydrogen (secondary N) is 2. The Morgan fingerprint density at radius 3 is 2.36 bits per heavy atom. The molecule has 0 unspecified atom stereocenters. The molecule has 2 amide bonds. The molecule has 0 heterocycles. The monoisotopic (exact) mass is 383 g/mol. The van der Waals surface area contributed by atoms with Gasteiger partial charge in [-0.2, -0.15) is 5.10 Å². The normalized spacial score (nSPS) is 21.4. The minimum Gasteiger partial charge on any atom is -0.326 e. The van der Waals surface area contributed by atoms with Gasteiger partial charge in [0, 0.05) is 35.7 Å². The van der Waals surface area contributed by atoms with E-state index in [9.17, 15) is 14.4 Å². The number of hydrogen-bond acceptors (Lipinski definition) is 4. The summed E-state index contributed by atoms with van der Waals surface area (Å²) in [5.41, 5.74) is 4.30. The zero-order valence-electron chi connectivity index (χ0n) is 16.7. The molecular weight excluding hydrogens is 354 g/mol. The predicted molar refractivity (Wildman–Crippen MR) is 109 cm³/mol. The predicted octanol–water partition coefficient (Wildman–Crippen LogP) is 4.07. The van der Waals surface area contributed by atoms with Crippen LogP contribution in [0.3, 0.4) is 0 Å². The van der Waals surface area contributed by atoms with Gasteiger partial charge in [0.25, 0.3) is 5.91 Å². The molecule has 2 N–H and O–H groups in total. The van der Waals surface area contributed by atoms with E-state index in [4.69, 9.17) is 0 Å². The summed E-state index contributed by atoms with van der Waals surface area (Å²) in [7, 11) is 0. The van der Waals surface area contributed by atoms with E-state index < -0.39 is 0 Å². The van der Waals surface area contributed by atoms with Gasteiger partial charge >= 0.3 is 0 Å². The highest BCUT2D eigenvalue weighted by Gasteiger charge is 2.30. The number of hydrazone groups is 1. The highest BCUT2D eigenvalue weighted by Crippen LogP contribution is 2.31. The minimum atomic E-state index is -0.325. The Hall–Kier alpha value is -2.50. The first-order valence-electron chi connectivity index (χ1n) is 10.1. The van der Waals surface area contributed by atoms with Crippen LogP contribution in [0.1, 0.15) is 75.6 Å². The second kappa shape index (κ2) is 8.67. The Balaban J connectivity index is 1.55. The van der Waals surface area contributed by atoms with Crippen LogP contribution in [0.15, 0.2) is 29.4 Å². The molecule has 1 aromatic carbocycles. The molecule has 1 aromatic rings. The average molecular weight is 383 g/mol. The van der Waals surface area contributed by atoms with Crippen molar-refractivity contribution in [2.24, 2.45) is 16.4 Å². The van der Waals surface area contributed by atoms with Gasteiger partial charge in [-0.1, -0.05) is 33.1 Å². The third-order valence-corrected chi connectivity index (χ3v) is 5.47. The summed E-state index contributed by atoms with van der Waals surface area (Å²) in [6.45, 7) is 4.06. The second-order valence-corrected chi connectivity index (χ2v) is 8.75. The third-order valence-electron chi connectivity index (χ3n) is 5.47. The SMILES string of the molecule is CC1(C)CC(=O)CC(=NNC(=O)c2ccc(NC(=O)C3CCCCC3)cc2)C1. The van der Waals surface area contributed by atoms with E-state index in [0.717, 1.165) is 25.7 Å². The summed E-state index contributed by atoms with van der Waals surface area (Å²) in [6, 6.07) is 6.80. The zero-order chi connectivity index (χ0) is 20.1. The Morgan fingerprint density at radius 2 is 1.71 bits per heavy atom. The van der Waals surface area contributed by atoms with Crippen LogP contribution in [0.5, 0.6) is 0 Å². The molecule has 0 saturated heterocycles. The van der Waals surface area contributed by atoms with Crippen molar-refractivity contribution in [2.45, 2.75) is 65.2 Å². The van der Waals surface area contributed by atoms with Crippen molar-refractivity contribution >= 4 is 29.0 Å². The summed E-state index contributed by atoms with van der Waals surface area (Å²) in [6.07, 6.45) is 6.89. The summed E-state index contributed by atoms with van der Waals surface area (Å²) in [5, 5.41) is 7.10. The van der Waals surface area contributed by atoms with Crippen molar-refractivity contribution in [3.05, 3.63) is 29.8 Å². The number of rotatable bonds is 4. The molecule has 150 valence electrons. The fourth-order valence-corrected chi connectivity index (χ4v) is 4.09. The fourth-order valence-electron chi connectivity index (χ4n) is 4.09. The van der Waals surface area contributed by atoms with Gasteiger partial charge in [-0.05, 0) is 48.9 Å². The van der Waals surface area contributed by atoms with Crippen molar-refractivity contribution < 1.29 is 14.4 Å². The van der Waals surface area contributed by atoms with Gasteiger partial charge in [-0.25, -0.2) is 5.43 Å². The van der Waals surface area contributed by atoms with Crippen LogP contribution in [-0.2, 0) is 9.59 Å². The Kier molecular flexibility index (Phi) is 6.27. The van der Waals surface area contributed by atoms with Crippen LogP contribution in [-0.4, -0.2) is 23.3 Å². The molecule has 6 heteroatoms. The maximum Gasteiger partial charge on any atom is 0.271 e. The van der Waals surface area contributed by atoms with Gasteiger partial charge < -0.3 is 5.32 Å². The first-order valence-corrected chi connectivity index (χ1v) is 10.1. The molecule has 0 bridgehead atoms. The number of carbonyl (C=O) groups is 3. The van der Waals surface area contributed by atoms with Crippen molar-refractivity contribution in [1.82, 2.24) is 5.43 Å². The number of Topliss-reactive ketones (excluding diaryl/α,β-unsaturated/α-hetero) is 1. The number of amides is 2. The summed E-state index contributed by atoms with van der Waals surface area (Å²) in [5.74, 6) is -0.0151. The summed E-state index contributed by atoms with van der Waals surface area (Å²) < 4.78 is 0. The largest absolute Gasteiger partial charge is 0.326 e. The smallest absolute Gasteiger partial charge is 0.271 e. The Bertz CT molecular complexity index is 775. The van der Waals surface area contributed by atoms with Crippen LogP contribution in [0.25, 0.3) is 0 Å². The van der Waals surface area contributed by atoms with Crippen molar-refractivity contribution in [1.29, 1.82) is 0 Å². The molecule has 2 saturated carbocycles. The molecule has 0 aliphatic heterocycles. The maximum absolute atomic E-state index is 12.3. The molecule has 0 aromatic heterocycles. The highest BCUT2D eigenvalue weighted by atomic mass is 16.2. The summed E-state index contributed by atoms with van der Waals surface area (Å²) >= 11 is 0. The Morgan fingerprint density at radius 1 is 1.04 bits per heavy atom. The molecular formula is C22H29N3O3. The van der Waals surface area contributed by atoms with E-state index in [2.05, 4.69) is 15.8 Å². The number of carbonyl (C=O) groups excluding carboxylic acids is 3. The van der Waals surface area contributed by atoms with Crippen molar-refractivity contribution in [3.63, 3.8) is 0 Å². The van der Waals surface area contributed by atoms with Crippen LogP contribution >= 0.6 is 0 Å². The van der Waals surface area contributed by atoms with E-state index in [1.54, 1.807) is 24.3 Å². The molecule has 28 heavy (non-hydrogen) atoms. The van der Waals surface area contributed by atoms with Crippen molar-refractivity contribution in [2.75, 3.05) is 5.32 Å². The second-order valence-electron chi connectivity index (χ2n) is 8.75. The molecule has 3 rings (SSSR count). The molecule has 0 atom stereocenters. The van der Waals surface area contributed by atoms with Gasteiger partial charge in [-0.3, -0.25) is 14.4 Å². The fraction of sp³-hybridized carbons (Fsp3) is 0.545. The number of nitrogens with zero attached hydrogens (tertiary/aromatic N) is 1.